The standard InChI is InChI=1S/C14H26F3N3/c1-4-9-19-13(3,11-18)8-6-7-10-20(5-2)12-14(15,16)17/h19H,4-10,12H2,1-3H3. The first-order chi connectivity index (χ1) is 9.26. The van der Waals surface area contributed by atoms with Gasteiger partial charge in [-0.3, -0.25) is 10.2 Å². The van der Waals surface area contributed by atoms with Gasteiger partial charge in [0.15, 0.2) is 0 Å². The summed E-state index contributed by atoms with van der Waals surface area (Å²) in [6.45, 7) is 6.34. The minimum Gasteiger partial charge on any atom is -0.300 e. The molecule has 1 unspecified atom stereocenters. The van der Waals surface area contributed by atoms with Crippen molar-refractivity contribution >= 4 is 0 Å². The smallest absolute Gasteiger partial charge is 0.300 e. The van der Waals surface area contributed by atoms with Crippen LogP contribution in [0.2, 0.25) is 0 Å². The zero-order valence-corrected chi connectivity index (χ0v) is 12.7. The molecule has 0 radical (unpaired) electrons. The van der Waals surface area contributed by atoms with E-state index in [0.717, 1.165) is 19.4 Å². The highest BCUT2D eigenvalue weighted by molar-refractivity contribution is 5.03. The van der Waals surface area contributed by atoms with Gasteiger partial charge < -0.3 is 0 Å². The van der Waals surface area contributed by atoms with Gasteiger partial charge in [-0.05, 0) is 52.2 Å². The molecule has 6 heteroatoms. The van der Waals surface area contributed by atoms with Crippen molar-refractivity contribution in [1.82, 2.24) is 10.2 Å². The predicted molar refractivity (Wildman–Crippen MR) is 74.3 cm³/mol. The number of unbranched alkanes of at least 4 members (excludes halogenated alkanes) is 1. The molecule has 0 saturated heterocycles. The van der Waals surface area contributed by atoms with E-state index in [4.69, 9.17) is 5.26 Å². The summed E-state index contributed by atoms with van der Waals surface area (Å²) in [5.74, 6) is 0. The van der Waals surface area contributed by atoms with Gasteiger partial charge >= 0.3 is 6.18 Å². The predicted octanol–water partition coefficient (Wildman–Crippen LogP) is 3.32. The number of hydrogen-bond acceptors (Lipinski definition) is 3. The summed E-state index contributed by atoms with van der Waals surface area (Å²) in [6.07, 6.45) is -1.11. The summed E-state index contributed by atoms with van der Waals surface area (Å²) in [6, 6.07) is 2.25. The van der Waals surface area contributed by atoms with E-state index in [2.05, 4.69) is 11.4 Å². The Morgan fingerprint density at radius 3 is 2.30 bits per heavy atom. The third-order valence-electron chi connectivity index (χ3n) is 3.26. The van der Waals surface area contributed by atoms with Crippen LogP contribution in [0.1, 0.15) is 46.5 Å². The van der Waals surface area contributed by atoms with E-state index in [0.29, 0.717) is 25.9 Å². The molecule has 20 heavy (non-hydrogen) atoms. The molecule has 0 saturated carbocycles. The van der Waals surface area contributed by atoms with Gasteiger partial charge in [0.25, 0.3) is 0 Å². The van der Waals surface area contributed by atoms with Crippen molar-refractivity contribution in [1.29, 1.82) is 5.26 Å². The van der Waals surface area contributed by atoms with E-state index in [9.17, 15) is 13.2 Å². The Labute approximate surface area is 120 Å². The zero-order valence-electron chi connectivity index (χ0n) is 12.7. The van der Waals surface area contributed by atoms with Crippen LogP contribution < -0.4 is 5.32 Å². The Morgan fingerprint density at radius 1 is 1.20 bits per heavy atom. The maximum Gasteiger partial charge on any atom is 0.401 e. The highest BCUT2D eigenvalue weighted by Crippen LogP contribution is 2.18. The number of nitriles is 1. The van der Waals surface area contributed by atoms with Crippen molar-refractivity contribution in [3.8, 4) is 6.07 Å². The molecular weight excluding hydrogens is 267 g/mol. The van der Waals surface area contributed by atoms with Crippen molar-refractivity contribution in [3.63, 3.8) is 0 Å². The van der Waals surface area contributed by atoms with Crippen LogP contribution in [-0.4, -0.2) is 42.8 Å². The molecule has 0 fully saturated rings. The summed E-state index contributed by atoms with van der Waals surface area (Å²) in [5.41, 5.74) is -0.572. The van der Waals surface area contributed by atoms with E-state index in [1.807, 2.05) is 13.8 Å². The van der Waals surface area contributed by atoms with E-state index in [1.165, 1.54) is 4.90 Å². The molecule has 0 aliphatic carbocycles. The molecule has 118 valence electrons. The van der Waals surface area contributed by atoms with Crippen molar-refractivity contribution in [2.24, 2.45) is 0 Å². The lowest BCUT2D eigenvalue weighted by Gasteiger charge is -2.25. The van der Waals surface area contributed by atoms with Gasteiger partial charge in [0.2, 0.25) is 0 Å². The average Bonchev–Trinajstić information content (AvgIpc) is 2.38. The molecule has 0 aliphatic rings. The van der Waals surface area contributed by atoms with E-state index < -0.39 is 18.3 Å². The van der Waals surface area contributed by atoms with Crippen LogP contribution >= 0.6 is 0 Å². The van der Waals surface area contributed by atoms with Crippen LogP contribution in [0.25, 0.3) is 0 Å². The van der Waals surface area contributed by atoms with Gasteiger partial charge in [-0.25, -0.2) is 0 Å². The fourth-order valence-corrected chi connectivity index (χ4v) is 2.00. The lowest BCUT2D eigenvalue weighted by Crippen LogP contribution is -2.41. The average molecular weight is 293 g/mol. The van der Waals surface area contributed by atoms with Gasteiger partial charge in [0, 0.05) is 0 Å². The Hall–Kier alpha value is -0.800. The van der Waals surface area contributed by atoms with Crippen molar-refractivity contribution < 1.29 is 13.2 Å². The second-order valence-corrected chi connectivity index (χ2v) is 5.31. The molecule has 0 rings (SSSR count). The molecule has 0 amide bonds. The molecular formula is C14H26F3N3. The third-order valence-corrected chi connectivity index (χ3v) is 3.26. The molecule has 0 heterocycles. The Bertz CT molecular complexity index is 299. The molecule has 3 nitrogen and oxygen atoms in total. The Morgan fingerprint density at radius 2 is 1.85 bits per heavy atom. The van der Waals surface area contributed by atoms with Crippen LogP contribution in [0.15, 0.2) is 0 Å². The van der Waals surface area contributed by atoms with Crippen LogP contribution in [0.5, 0.6) is 0 Å². The minimum absolute atomic E-state index is 0.392. The molecule has 1 N–H and O–H groups in total. The van der Waals surface area contributed by atoms with Crippen LogP contribution in [-0.2, 0) is 0 Å². The van der Waals surface area contributed by atoms with Crippen molar-refractivity contribution in [3.05, 3.63) is 0 Å². The number of nitrogens with zero attached hydrogens (tertiary/aromatic N) is 2. The first-order valence-electron chi connectivity index (χ1n) is 7.21. The van der Waals surface area contributed by atoms with Gasteiger partial charge in [-0.1, -0.05) is 13.8 Å². The molecule has 0 aromatic carbocycles. The number of nitrogens with one attached hydrogen (secondary N) is 1. The molecule has 0 aromatic rings. The molecule has 0 bridgehead atoms. The lowest BCUT2D eigenvalue weighted by atomic mass is 9.96. The summed E-state index contributed by atoms with van der Waals surface area (Å²) >= 11 is 0. The van der Waals surface area contributed by atoms with E-state index >= 15 is 0 Å². The fraction of sp³-hybridized carbons (Fsp3) is 0.929. The maximum absolute atomic E-state index is 12.3. The van der Waals surface area contributed by atoms with Crippen molar-refractivity contribution in [2.45, 2.75) is 58.2 Å². The first-order valence-corrected chi connectivity index (χ1v) is 7.21. The van der Waals surface area contributed by atoms with Gasteiger partial charge in [-0.15, -0.1) is 0 Å². The highest BCUT2D eigenvalue weighted by atomic mass is 19.4. The van der Waals surface area contributed by atoms with Gasteiger partial charge in [0.1, 0.15) is 5.54 Å². The van der Waals surface area contributed by atoms with Gasteiger partial charge in [0.05, 0.1) is 12.6 Å². The maximum atomic E-state index is 12.3. The van der Waals surface area contributed by atoms with Gasteiger partial charge in [-0.2, -0.15) is 18.4 Å². The number of halogens is 3. The molecule has 0 aromatic heterocycles. The monoisotopic (exact) mass is 293 g/mol. The zero-order chi connectivity index (χ0) is 15.6. The summed E-state index contributed by atoms with van der Waals surface area (Å²) in [7, 11) is 0. The van der Waals surface area contributed by atoms with Crippen LogP contribution in [0.3, 0.4) is 0 Å². The molecule has 0 spiro atoms. The van der Waals surface area contributed by atoms with Crippen LogP contribution in [0, 0.1) is 11.3 Å². The summed E-state index contributed by atoms with van der Waals surface area (Å²) < 4.78 is 36.9. The lowest BCUT2D eigenvalue weighted by molar-refractivity contribution is -0.145. The highest BCUT2D eigenvalue weighted by Gasteiger charge is 2.30. The molecule has 0 aliphatic heterocycles. The topological polar surface area (TPSA) is 39.1 Å². The largest absolute Gasteiger partial charge is 0.401 e. The third kappa shape index (κ3) is 9.16. The SMILES string of the molecule is CCCNC(C)(C#N)CCCCN(CC)CC(F)(F)F. The quantitative estimate of drug-likeness (QED) is 0.628. The van der Waals surface area contributed by atoms with Crippen LogP contribution in [0.4, 0.5) is 13.2 Å². The Balaban J connectivity index is 4.01. The summed E-state index contributed by atoms with van der Waals surface area (Å²) in [4.78, 5) is 1.39. The minimum atomic E-state index is -4.14. The fourth-order valence-electron chi connectivity index (χ4n) is 2.00. The van der Waals surface area contributed by atoms with E-state index in [-0.39, 0.29) is 0 Å². The number of alkyl halides is 3. The normalized spacial score (nSPS) is 15.1. The second kappa shape index (κ2) is 9.19. The number of rotatable bonds is 10. The molecule has 1 atom stereocenters. The van der Waals surface area contributed by atoms with E-state index in [1.54, 1.807) is 6.92 Å². The number of hydrogen-bond donors (Lipinski definition) is 1. The summed E-state index contributed by atoms with van der Waals surface area (Å²) in [5, 5.41) is 12.3. The first kappa shape index (κ1) is 19.2. The van der Waals surface area contributed by atoms with Crippen molar-refractivity contribution in [2.75, 3.05) is 26.2 Å². The Kier molecular flexibility index (Phi) is 8.83. The second-order valence-electron chi connectivity index (χ2n) is 5.31.